The van der Waals surface area contributed by atoms with Crippen molar-refractivity contribution < 1.29 is 4.79 Å². The Morgan fingerprint density at radius 3 is 2.34 bits per heavy atom. The van der Waals surface area contributed by atoms with Gasteiger partial charge in [0.05, 0.1) is 11.0 Å². The summed E-state index contributed by atoms with van der Waals surface area (Å²) in [6.45, 7) is 6.04. The number of para-hydroxylation sites is 2. The highest BCUT2D eigenvalue weighted by Gasteiger charge is 2.45. The molecule has 0 amide bonds. The minimum absolute atomic E-state index is 0.0237. The number of Topliss-reactive ketones (excluding diaryl/α,β-unsaturated/α-hetero) is 1. The molecule has 0 N–H and O–H groups in total. The number of carbonyl (C=O) groups excluding carboxylic acids is 1. The molecular formula is C25H21N3O. The van der Waals surface area contributed by atoms with Crippen LogP contribution in [0.15, 0.2) is 77.8 Å². The van der Waals surface area contributed by atoms with E-state index in [2.05, 4.69) is 6.07 Å². The second-order valence-electron chi connectivity index (χ2n) is 7.84. The van der Waals surface area contributed by atoms with E-state index in [1.807, 2.05) is 92.1 Å². The fraction of sp³-hybridized carbons (Fsp3) is 0.160. The molecule has 2 heterocycles. The zero-order valence-electron chi connectivity index (χ0n) is 16.7. The third kappa shape index (κ3) is 2.56. The van der Waals surface area contributed by atoms with Crippen LogP contribution >= 0.6 is 0 Å². The standard InChI is InChI=1S/C25H21N3O/c1-16-8-6-10-18(14-16)22-23(29)25(3,19-11-7-9-17(2)15-19)28-21-13-5-4-12-20(21)26-24(28)27-22/h4-15H,1-3H3. The van der Waals surface area contributed by atoms with Crippen LogP contribution in [0.1, 0.15) is 29.2 Å². The highest BCUT2D eigenvalue weighted by atomic mass is 16.1. The van der Waals surface area contributed by atoms with Crippen LogP contribution in [-0.4, -0.2) is 21.0 Å². The smallest absolute Gasteiger partial charge is 0.232 e. The number of hydrogen-bond acceptors (Lipinski definition) is 3. The number of aliphatic imine (C=N–C) groups is 1. The van der Waals surface area contributed by atoms with Crippen molar-refractivity contribution >= 4 is 28.5 Å². The minimum atomic E-state index is -0.932. The monoisotopic (exact) mass is 379 g/mol. The van der Waals surface area contributed by atoms with E-state index in [0.29, 0.717) is 11.7 Å². The molecule has 1 unspecified atom stereocenters. The molecule has 1 atom stereocenters. The first kappa shape index (κ1) is 17.6. The second-order valence-corrected chi connectivity index (χ2v) is 7.84. The average Bonchev–Trinajstić information content (AvgIpc) is 3.09. The molecule has 5 rings (SSSR count). The summed E-state index contributed by atoms with van der Waals surface area (Å²) in [6, 6.07) is 24.0. The summed E-state index contributed by atoms with van der Waals surface area (Å²) < 4.78 is 1.98. The molecule has 0 saturated carbocycles. The zero-order valence-corrected chi connectivity index (χ0v) is 16.7. The summed E-state index contributed by atoms with van der Waals surface area (Å²) in [7, 11) is 0. The van der Waals surface area contributed by atoms with E-state index in [-0.39, 0.29) is 5.78 Å². The van der Waals surface area contributed by atoms with Crippen LogP contribution in [-0.2, 0) is 10.3 Å². The second kappa shape index (κ2) is 6.24. The number of aromatic nitrogens is 2. The van der Waals surface area contributed by atoms with Gasteiger partial charge in [0.1, 0.15) is 11.3 Å². The Hall–Kier alpha value is -3.53. The molecule has 1 aliphatic rings. The summed E-state index contributed by atoms with van der Waals surface area (Å²) in [4.78, 5) is 23.5. The summed E-state index contributed by atoms with van der Waals surface area (Å²) in [6.07, 6.45) is 0. The number of benzene rings is 3. The molecule has 4 heteroatoms. The number of imidazole rings is 1. The fourth-order valence-electron chi connectivity index (χ4n) is 4.21. The molecule has 0 radical (unpaired) electrons. The maximum atomic E-state index is 14.0. The lowest BCUT2D eigenvalue weighted by atomic mass is 9.81. The van der Waals surface area contributed by atoms with Gasteiger partial charge in [0, 0.05) is 5.56 Å². The highest BCUT2D eigenvalue weighted by Crippen LogP contribution is 2.40. The molecule has 3 aromatic carbocycles. The normalized spacial score (nSPS) is 18.6. The van der Waals surface area contributed by atoms with E-state index in [1.165, 1.54) is 0 Å². The Morgan fingerprint density at radius 1 is 0.862 bits per heavy atom. The molecule has 0 fully saturated rings. The van der Waals surface area contributed by atoms with Gasteiger partial charge in [-0.3, -0.25) is 9.36 Å². The Labute approximate surface area is 169 Å². The van der Waals surface area contributed by atoms with Crippen molar-refractivity contribution in [2.45, 2.75) is 26.3 Å². The maximum absolute atomic E-state index is 14.0. The van der Waals surface area contributed by atoms with Gasteiger partial charge in [0.25, 0.3) is 0 Å². The van der Waals surface area contributed by atoms with Gasteiger partial charge >= 0.3 is 0 Å². The number of fused-ring (bicyclic) bond motifs is 3. The molecule has 1 aromatic heterocycles. The predicted molar refractivity (Wildman–Crippen MR) is 116 cm³/mol. The van der Waals surface area contributed by atoms with Gasteiger partial charge in [0.15, 0.2) is 0 Å². The number of carbonyl (C=O) groups is 1. The zero-order chi connectivity index (χ0) is 20.2. The molecule has 0 spiro atoms. The molecule has 29 heavy (non-hydrogen) atoms. The molecular weight excluding hydrogens is 358 g/mol. The quantitative estimate of drug-likeness (QED) is 0.485. The molecule has 0 bridgehead atoms. The van der Waals surface area contributed by atoms with Crippen molar-refractivity contribution in [1.29, 1.82) is 0 Å². The number of ketones is 1. The lowest BCUT2D eigenvalue weighted by Crippen LogP contribution is -2.46. The fourth-order valence-corrected chi connectivity index (χ4v) is 4.21. The molecule has 142 valence electrons. The molecule has 0 saturated heterocycles. The van der Waals surface area contributed by atoms with Gasteiger partial charge in [-0.25, -0.2) is 9.98 Å². The highest BCUT2D eigenvalue weighted by molar-refractivity contribution is 6.50. The predicted octanol–water partition coefficient (Wildman–Crippen LogP) is 5.12. The SMILES string of the molecule is Cc1cccc(C2=Nc3nc4ccccc4n3C(C)(c3cccc(C)c3)C2=O)c1. The van der Waals surface area contributed by atoms with E-state index >= 15 is 0 Å². The van der Waals surface area contributed by atoms with Crippen LogP contribution < -0.4 is 0 Å². The van der Waals surface area contributed by atoms with Crippen molar-refractivity contribution in [3.05, 3.63) is 95.1 Å². The first-order valence-corrected chi connectivity index (χ1v) is 9.74. The van der Waals surface area contributed by atoms with E-state index in [4.69, 9.17) is 9.98 Å². The summed E-state index contributed by atoms with van der Waals surface area (Å²) in [5.41, 5.74) is 5.24. The van der Waals surface area contributed by atoms with Crippen LogP contribution in [0.2, 0.25) is 0 Å². The largest absolute Gasteiger partial charge is 0.291 e. The number of rotatable bonds is 2. The van der Waals surface area contributed by atoms with E-state index in [0.717, 1.165) is 33.3 Å². The first-order valence-electron chi connectivity index (χ1n) is 9.74. The van der Waals surface area contributed by atoms with Gasteiger partial charge in [-0.05, 0) is 44.5 Å². The van der Waals surface area contributed by atoms with E-state index in [1.54, 1.807) is 0 Å². The summed E-state index contributed by atoms with van der Waals surface area (Å²) in [5.74, 6) is 0.538. The maximum Gasteiger partial charge on any atom is 0.232 e. The topological polar surface area (TPSA) is 47.2 Å². The van der Waals surface area contributed by atoms with E-state index < -0.39 is 5.54 Å². The van der Waals surface area contributed by atoms with Crippen LogP contribution in [0.4, 0.5) is 5.95 Å². The summed E-state index contributed by atoms with van der Waals surface area (Å²) in [5, 5.41) is 0. The molecule has 4 aromatic rings. The third-order valence-electron chi connectivity index (χ3n) is 5.73. The molecule has 4 nitrogen and oxygen atoms in total. The van der Waals surface area contributed by atoms with Gasteiger partial charge in [0.2, 0.25) is 11.7 Å². The van der Waals surface area contributed by atoms with Crippen molar-refractivity contribution in [2.24, 2.45) is 4.99 Å². The van der Waals surface area contributed by atoms with E-state index in [9.17, 15) is 4.79 Å². The lowest BCUT2D eigenvalue weighted by molar-refractivity contribution is -0.118. The lowest BCUT2D eigenvalue weighted by Gasteiger charge is -2.35. The first-order chi connectivity index (χ1) is 14.0. The van der Waals surface area contributed by atoms with Gasteiger partial charge in [-0.1, -0.05) is 65.7 Å². The van der Waals surface area contributed by atoms with Gasteiger partial charge < -0.3 is 0 Å². The Kier molecular flexibility index (Phi) is 3.78. The molecule has 0 aliphatic carbocycles. The minimum Gasteiger partial charge on any atom is -0.291 e. The van der Waals surface area contributed by atoms with Crippen LogP contribution in [0, 0.1) is 13.8 Å². The average molecular weight is 379 g/mol. The van der Waals surface area contributed by atoms with Crippen LogP contribution in [0.25, 0.3) is 11.0 Å². The number of aryl methyl sites for hydroxylation is 2. The Morgan fingerprint density at radius 2 is 1.59 bits per heavy atom. The number of hydrogen-bond donors (Lipinski definition) is 0. The van der Waals surface area contributed by atoms with Crippen LogP contribution in [0.5, 0.6) is 0 Å². The van der Waals surface area contributed by atoms with Crippen LogP contribution in [0.3, 0.4) is 0 Å². The van der Waals surface area contributed by atoms with Gasteiger partial charge in [-0.15, -0.1) is 0 Å². The van der Waals surface area contributed by atoms with Gasteiger partial charge in [-0.2, -0.15) is 0 Å². The Bertz CT molecular complexity index is 1310. The van der Waals surface area contributed by atoms with Crippen molar-refractivity contribution in [1.82, 2.24) is 9.55 Å². The number of nitrogens with zero attached hydrogens (tertiary/aromatic N) is 3. The van der Waals surface area contributed by atoms with Crippen molar-refractivity contribution in [3.63, 3.8) is 0 Å². The molecule has 1 aliphatic heterocycles. The van der Waals surface area contributed by atoms with Crippen molar-refractivity contribution in [3.8, 4) is 0 Å². The Balaban J connectivity index is 1.86. The third-order valence-corrected chi connectivity index (χ3v) is 5.73. The summed E-state index contributed by atoms with van der Waals surface area (Å²) >= 11 is 0. The van der Waals surface area contributed by atoms with Crippen molar-refractivity contribution in [2.75, 3.05) is 0 Å².